The average molecular weight is 376 g/mol. The normalized spacial score (nSPS) is 40.4. The summed E-state index contributed by atoms with van der Waals surface area (Å²) in [6.45, 7) is 8.22. The molecule has 0 aromatic heterocycles. The first kappa shape index (κ1) is 19.0. The standard InChI is InChI=1S/C22H32O5/c1-4-17(23)27-20(2,3)22-12-15-9-16(13-22)11-21(10-15,14-22)19(24)26-18-7-5-6-8-25-18/h4,15-16,18H,1,5-14H2,2-3H3. The van der Waals surface area contributed by atoms with E-state index in [-0.39, 0.29) is 23.6 Å². The number of ether oxygens (including phenoxy) is 3. The maximum atomic E-state index is 13.3. The molecule has 0 N–H and O–H groups in total. The lowest BCUT2D eigenvalue weighted by Gasteiger charge is -2.64. The van der Waals surface area contributed by atoms with Crippen molar-refractivity contribution in [2.75, 3.05) is 6.61 Å². The Bertz CT molecular complexity index is 617. The van der Waals surface area contributed by atoms with Gasteiger partial charge in [-0.05, 0) is 77.0 Å². The number of carbonyl (C=O) groups excluding carboxylic acids is 2. The van der Waals surface area contributed by atoms with Gasteiger partial charge in [-0.2, -0.15) is 0 Å². The van der Waals surface area contributed by atoms with Gasteiger partial charge < -0.3 is 14.2 Å². The molecule has 3 unspecified atom stereocenters. The third-order valence-corrected chi connectivity index (χ3v) is 7.67. The molecule has 1 aliphatic heterocycles. The van der Waals surface area contributed by atoms with E-state index in [2.05, 4.69) is 6.58 Å². The number of hydrogen-bond acceptors (Lipinski definition) is 5. The van der Waals surface area contributed by atoms with Crippen molar-refractivity contribution in [1.29, 1.82) is 0 Å². The second-order valence-corrected chi connectivity index (χ2v) is 9.86. The Hall–Kier alpha value is -1.36. The molecule has 1 saturated heterocycles. The minimum atomic E-state index is -0.622. The van der Waals surface area contributed by atoms with Crippen molar-refractivity contribution in [1.82, 2.24) is 0 Å². The van der Waals surface area contributed by atoms with Crippen LogP contribution in [0.15, 0.2) is 12.7 Å². The van der Waals surface area contributed by atoms with Crippen molar-refractivity contribution >= 4 is 11.9 Å². The van der Waals surface area contributed by atoms with Crippen LogP contribution in [0.1, 0.15) is 71.6 Å². The van der Waals surface area contributed by atoms with E-state index < -0.39 is 11.0 Å². The monoisotopic (exact) mass is 376 g/mol. The van der Waals surface area contributed by atoms with Crippen LogP contribution < -0.4 is 0 Å². The van der Waals surface area contributed by atoms with Gasteiger partial charge in [-0.15, -0.1) is 0 Å². The van der Waals surface area contributed by atoms with Gasteiger partial charge in [-0.25, -0.2) is 4.79 Å². The molecular weight excluding hydrogens is 344 g/mol. The van der Waals surface area contributed by atoms with Gasteiger partial charge in [-0.3, -0.25) is 4.79 Å². The zero-order valence-corrected chi connectivity index (χ0v) is 16.6. The van der Waals surface area contributed by atoms with Crippen LogP contribution in [0, 0.1) is 22.7 Å². The quantitative estimate of drug-likeness (QED) is 0.533. The molecule has 0 aromatic rings. The van der Waals surface area contributed by atoms with Crippen LogP contribution in [0.25, 0.3) is 0 Å². The van der Waals surface area contributed by atoms with Gasteiger partial charge in [0, 0.05) is 17.9 Å². The summed E-state index contributed by atoms with van der Waals surface area (Å²) >= 11 is 0. The lowest BCUT2D eigenvalue weighted by Crippen LogP contribution is -2.62. The molecule has 5 rings (SSSR count). The molecule has 0 aromatic carbocycles. The van der Waals surface area contributed by atoms with E-state index in [1.54, 1.807) is 0 Å². The van der Waals surface area contributed by atoms with Gasteiger partial charge in [0.05, 0.1) is 12.0 Å². The summed E-state index contributed by atoms with van der Waals surface area (Å²) in [7, 11) is 0. The molecule has 0 spiro atoms. The SMILES string of the molecule is C=CC(=O)OC(C)(C)C12CC3CC(CC(C(=O)OC4CCCCO4)(C3)C1)C2. The fourth-order valence-corrected chi connectivity index (χ4v) is 6.66. The third kappa shape index (κ3) is 3.22. The minimum Gasteiger partial charge on any atom is -0.456 e. The Kier molecular flexibility index (Phi) is 4.65. The van der Waals surface area contributed by atoms with E-state index in [0.717, 1.165) is 51.4 Å². The molecule has 150 valence electrons. The fraction of sp³-hybridized carbons (Fsp3) is 0.818. The molecule has 3 atom stereocenters. The summed E-state index contributed by atoms with van der Waals surface area (Å²) in [5.41, 5.74) is -1.23. The summed E-state index contributed by atoms with van der Waals surface area (Å²) in [6.07, 6.45) is 9.51. The minimum absolute atomic E-state index is 0.0845. The first-order valence-corrected chi connectivity index (χ1v) is 10.5. The summed E-state index contributed by atoms with van der Waals surface area (Å²) in [5.74, 6) is 0.544. The summed E-state index contributed by atoms with van der Waals surface area (Å²) in [4.78, 5) is 25.2. The van der Waals surface area contributed by atoms with Crippen LogP contribution in [0.3, 0.4) is 0 Å². The Morgan fingerprint density at radius 2 is 1.85 bits per heavy atom. The van der Waals surface area contributed by atoms with E-state index in [0.29, 0.717) is 18.4 Å². The van der Waals surface area contributed by atoms with Crippen molar-refractivity contribution in [3.05, 3.63) is 12.7 Å². The summed E-state index contributed by atoms with van der Waals surface area (Å²) in [5, 5.41) is 0. The molecule has 5 fully saturated rings. The molecule has 4 bridgehead atoms. The number of hydrogen-bond donors (Lipinski definition) is 0. The van der Waals surface area contributed by atoms with Crippen LogP contribution >= 0.6 is 0 Å². The average Bonchev–Trinajstić information content (AvgIpc) is 2.61. The molecule has 5 aliphatic rings. The highest BCUT2D eigenvalue weighted by Gasteiger charge is 2.66. The lowest BCUT2D eigenvalue weighted by molar-refractivity contribution is -0.233. The topological polar surface area (TPSA) is 61.8 Å². The molecule has 27 heavy (non-hydrogen) atoms. The van der Waals surface area contributed by atoms with Gasteiger partial charge in [0.1, 0.15) is 5.60 Å². The lowest BCUT2D eigenvalue weighted by atomic mass is 9.41. The third-order valence-electron chi connectivity index (χ3n) is 7.67. The van der Waals surface area contributed by atoms with E-state index >= 15 is 0 Å². The number of carbonyl (C=O) groups is 2. The van der Waals surface area contributed by atoms with Gasteiger partial charge in [0.15, 0.2) is 0 Å². The van der Waals surface area contributed by atoms with E-state index in [1.165, 1.54) is 12.5 Å². The zero-order valence-electron chi connectivity index (χ0n) is 16.6. The molecule has 5 nitrogen and oxygen atoms in total. The summed E-state index contributed by atoms with van der Waals surface area (Å²) < 4.78 is 17.3. The smallest absolute Gasteiger partial charge is 0.330 e. The molecule has 0 amide bonds. The second-order valence-electron chi connectivity index (χ2n) is 9.86. The van der Waals surface area contributed by atoms with Gasteiger partial charge in [0.25, 0.3) is 0 Å². The highest BCUT2D eigenvalue weighted by molar-refractivity contribution is 5.81. The second kappa shape index (κ2) is 6.61. The Morgan fingerprint density at radius 1 is 1.15 bits per heavy atom. The van der Waals surface area contributed by atoms with E-state index in [4.69, 9.17) is 14.2 Å². The van der Waals surface area contributed by atoms with Crippen molar-refractivity contribution < 1.29 is 23.8 Å². The van der Waals surface area contributed by atoms with Crippen molar-refractivity contribution in [2.24, 2.45) is 22.7 Å². The molecule has 5 heteroatoms. The molecule has 0 radical (unpaired) electrons. The van der Waals surface area contributed by atoms with E-state index in [9.17, 15) is 9.59 Å². The van der Waals surface area contributed by atoms with Crippen LogP contribution in [0.4, 0.5) is 0 Å². The Balaban J connectivity index is 1.57. The number of rotatable bonds is 5. The van der Waals surface area contributed by atoms with Crippen molar-refractivity contribution in [3.63, 3.8) is 0 Å². The van der Waals surface area contributed by atoms with E-state index in [1.807, 2.05) is 13.8 Å². The molecular formula is C22H32O5. The first-order chi connectivity index (χ1) is 12.8. The molecule has 1 heterocycles. The largest absolute Gasteiger partial charge is 0.456 e. The van der Waals surface area contributed by atoms with Crippen molar-refractivity contribution in [3.8, 4) is 0 Å². The maximum Gasteiger partial charge on any atom is 0.330 e. The predicted molar refractivity (Wildman–Crippen MR) is 99.6 cm³/mol. The van der Waals surface area contributed by atoms with Crippen LogP contribution in [0.5, 0.6) is 0 Å². The highest BCUT2D eigenvalue weighted by atomic mass is 16.7. The van der Waals surface area contributed by atoms with Crippen molar-refractivity contribution in [2.45, 2.75) is 83.5 Å². The highest BCUT2D eigenvalue weighted by Crippen LogP contribution is 2.69. The fourth-order valence-electron chi connectivity index (χ4n) is 6.66. The zero-order chi connectivity index (χ0) is 19.3. The maximum absolute atomic E-state index is 13.3. The van der Waals surface area contributed by atoms with Crippen LogP contribution in [-0.4, -0.2) is 30.4 Å². The summed E-state index contributed by atoms with van der Waals surface area (Å²) in [6, 6.07) is 0. The Morgan fingerprint density at radius 3 is 2.44 bits per heavy atom. The van der Waals surface area contributed by atoms with Gasteiger partial charge in [-0.1, -0.05) is 6.58 Å². The Labute approximate surface area is 161 Å². The van der Waals surface area contributed by atoms with Gasteiger partial charge in [0.2, 0.25) is 6.29 Å². The van der Waals surface area contributed by atoms with Gasteiger partial charge >= 0.3 is 11.9 Å². The molecule has 4 saturated carbocycles. The predicted octanol–water partition coefficient (Wildman–Crippen LogP) is 4.15. The molecule has 4 aliphatic carbocycles. The van der Waals surface area contributed by atoms with Crippen LogP contribution in [0.2, 0.25) is 0 Å². The van der Waals surface area contributed by atoms with Crippen LogP contribution in [-0.2, 0) is 23.8 Å². The number of esters is 2. The first-order valence-electron chi connectivity index (χ1n) is 10.5.